The van der Waals surface area contributed by atoms with E-state index in [1.165, 1.54) is 11.0 Å². The summed E-state index contributed by atoms with van der Waals surface area (Å²) in [5.74, 6) is 0. The number of hydrogen-bond donors (Lipinski definition) is 0. The Kier molecular flexibility index (Phi) is 2.23. The van der Waals surface area contributed by atoms with Crippen LogP contribution >= 0.6 is 0 Å². The second-order valence-electron chi connectivity index (χ2n) is 6.45. The zero-order valence-electron chi connectivity index (χ0n) is 11.2. The standard InChI is InChI=1S/C14H22N2/c1-13(2,3)15-11-9-7-8-10-12(11)16(15)14(4,5)6/h7-10H,1-6H3. The van der Waals surface area contributed by atoms with E-state index in [0.29, 0.717) is 0 Å². The van der Waals surface area contributed by atoms with Crippen molar-refractivity contribution in [2.24, 2.45) is 0 Å². The first-order valence-corrected chi connectivity index (χ1v) is 5.92. The number of para-hydroxylation sites is 2. The van der Waals surface area contributed by atoms with Crippen LogP contribution in [0.15, 0.2) is 24.3 Å². The third-order valence-corrected chi connectivity index (χ3v) is 2.81. The largest absolute Gasteiger partial charge is 0.277 e. The van der Waals surface area contributed by atoms with Crippen LogP contribution in [0.4, 0.5) is 0 Å². The van der Waals surface area contributed by atoms with Crippen LogP contribution < -0.4 is 0 Å². The van der Waals surface area contributed by atoms with Gasteiger partial charge < -0.3 is 0 Å². The van der Waals surface area contributed by atoms with Crippen molar-refractivity contribution >= 4 is 11.0 Å². The molecule has 0 atom stereocenters. The minimum Gasteiger partial charge on any atom is -0.277 e. The van der Waals surface area contributed by atoms with Crippen LogP contribution in [0, 0.1) is 0 Å². The molecule has 0 spiro atoms. The van der Waals surface area contributed by atoms with E-state index in [4.69, 9.17) is 0 Å². The fourth-order valence-electron chi connectivity index (χ4n) is 2.32. The molecule has 0 saturated carbocycles. The van der Waals surface area contributed by atoms with Crippen molar-refractivity contribution in [3.05, 3.63) is 24.3 Å². The van der Waals surface area contributed by atoms with Crippen molar-refractivity contribution in [1.29, 1.82) is 0 Å². The third-order valence-electron chi connectivity index (χ3n) is 2.81. The Bertz CT molecular complexity index is 454. The van der Waals surface area contributed by atoms with Gasteiger partial charge in [0.15, 0.2) is 0 Å². The Hall–Kier alpha value is -1.18. The van der Waals surface area contributed by atoms with Gasteiger partial charge in [0.1, 0.15) is 0 Å². The molecule has 88 valence electrons. The summed E-state index contributed by atoms with van der Waals surface area (Å²) in [4.78, 5) is 0. The van der Waals surface area contributed by atoms with Crippen LogP contribution in [0.25, 0.3) is 11.0 Å². The van der Waals surface area contributed by atoms with E-state index < -0.39 is 0 Å². The summed E-state index contributed by atoms with van der Waals surface area (Å²) >= 11 is 0. The molecule has 0 fully saturated rings. The predicted molar refractivity (Wildman–Crippen MR) is 69.9 cm³/mol. The van der Waals surface area contributed by atoms with Crippen molar-refractivity contribution < 1.29 is 0 Å². The second kappa shape index (κ2) is 3.16. The zero-order chi connectivity index (χ0) is 12.1. The monoisotopic (exact) mass is 218 g/mol. The van der Waals surface area contributed by atoms with E-state index in [1.54, 1.807) is 0 Å². The van der Waals surface area contributed by atoms with Crippen molar-refractivity contribution in [1.82, 2.24) is 9.36 Å². The highest BCUT2D eigenvalue weighted by Gasteiger charge is 2.28. The molecule has 2 aromatic rings. The maximum atomic E-state index is 2.39. The molecule has 1 aromatic heterocycles. The van der Waals surface area contributed by atoms with E-state index in [1.807, 2.05) is 0 Å². The molecule has 2 heteroatoms. The molecule has 1 aromatic carbocycles. The molecule has 0 amide bonds. The highest BCUT2D eigenvalue weighted by Crippen LogP contribution is 2.32. The molecule has 0 bridgehead atoms. The molecular formula is C14H22N2. The highest BCUT2D eigenvalue weighted by atomic mass is 15.5. The summed E-state index contributed by atoms with van der Waals surface area (Å²) in [6, 6.07) is 8.61. The molecule has 0 unspecified atom stereocenters. The Morgan fingerprint density at radius 1 is 0.688 bits per heavy atom. The van der Waals surface area contributed by atoms with Crippen LogP contribution in [-0.4, -0.2) is 9.36 Å². The lowest BCUT2D eigenvalue weighted by molar-refractivity contribution is 0.217. The van der Waals surface area contributed by atoms with Crippen LogP contribution in [0.2, 0.25) is 0 Å². The summed E-state index contributed by atoms with van der Waals surface area (Å²) in [6.07, 6.45) is 0. The minimum absolute atomic E-state index is 0.127. The Morgan fingerprint density at radius 2 is 1.00 bits per heavy atom. The maximum Gasteiger partial charge on any atom is 0.0833 e. The molecule has 16 heavy (non-hydrogen) atoms. The lowest BCUT2D eigenvalue weighted by atomic mass is 10.0. The fourth-order valence-corrected chi connectivity index (χ4v) is 2.32. The maximum absolute atomic E-state index is 2.39. The number of nitrogens with zero attached hydrogens (tertiary/aromatic N) is 2. The first-order chi connectivity index (χ1) is 7.23. The topological polar surface area (TPSA) is 9.86 Å². The lowest BCUT2D eigenvalue weighted by Gasteiger charge is -2.42. The van der Waals surface area contributed by atoms with Gasteiger partial charge in [-0.2, -0.15) is 0 Å². The summed E-state index contributed by atoms with van der Waals surface area (Å²) in [6.45, 7) is 13.5. The van der Waals surface area contributed by atoms with Gasteiger partial charge in [-0.25, -0.2) is 0 Å². The number of aromatic nitrogens is 2. The molecule has 0 aliphatic heterocycles. The quantitative estimate of drug-likeness (QED) is 0.633. The second-order valence-corrected chi connectivity index (χ2v) is 6.45. The molecular weight excluding hydrogens is 196 g/mol. The van der Waals surface area contributed by atoms with Gasteiger partial charge in [-0.05, 0) is 53.7 Å². The minimum atomic E-state index is 0.127. The van der Waals surface area contributed by atoms with E-state index in [9.17, 15) is 0 Å². The van der Waals surface area contributed by atoms with Crippen molar-refractivity contribution in [2.45, 2.75) is 52.6 Å². The van der Waals surface area contributed by atoms with Crippen LogP contribution in [0.3, 0.4) is 0 Å². The third kappa shape index (κ3) is 1.57. The molecule has 0 aliphatic rings. The van der Waals surface area contributed by atoms with Gasteiger partial charge in [0.2, 0.25) is 0 Å². The molecule has 2 rings (SSSR count). The van der Waals surface area contributed by atoms with Crippen molar-refractivity contribution in [2.75, 3.05) is 0 Å². The molecule has 1 heterocycles. The van der Waals surface area contributed by atoms with Gasteiger partial charge in [0.25, 0.3) is 0 Å². The highest BCUT2D eigenvalue weighted by molar-refractivity contribution is 5.78. The summed E-state index contributed by atoms with van der Waals surface area (Å²) < 4.78 is 4.78. The average Bonchev–Trinajstić information content (AvgIpc) is 2.01. The Morgan fingerprint density at radius 3 is 1.25 bits per heavy atom. The Labute approximate surface area is 97.8 Å². The average molecular weight is 218 g/mol. The van der Waals surface area contributed by atoms with Gasteiger partial charge >= 0.3 is 0 Å². The zero-order valence-corrected chi connectivity index (χ0v) is 11.2. The van der Waals surface area contributed by atoms with Crippen LogP contribution in [0.1, 0.15) is 41.5 Å². The smallest absolute Gasteiger partial charge is 0.0833 e. The molecule has 0 aliphatic carbocycles. The first-order valence-electron chi connectivity index (χ1n) is 5.92. The van der Waals surface area contributed by atoms with Crippen LogP contribution in [0.5, 0.6) is 0 Å². The first kappa shape index (κ1) is 11.3. The van der Waals surface area contributed by atoms with Gasteiger partial charge in [-0.3, -0.25) is 9.36 Å². The van der Waals surface area contributed by atoms with Crippen LogP contribution in [-0.2, 0) is 11.1 Å². The molecule has 2 nitrogen and oxygen atoms in total. The van der Waals surface area contributed by atoms with E-state index in [-0.39, 0.29) is 11.1 Å². The fraction of sp³-hybridized carbons (Fsp3) is 0.571. The van der Waals surface area contributed by atoms with E-state index in [2.05, 4.69) is 75.2 Å². The number of rotatable bonds is 0. The van der Waals surface area contributed by atoms with Gasteiger partial charge in [-0.15, -0.1) is 0 Å². The van der Waals surface area contributed by atoms with Crippen molar-refractivity contribution in [3.63, 3.8) is 0 Å². The normalized spacial score (nSPS) is 13.6. The van der Waals surface area contributed by atoms with Gasteiger partial charge in [-0.1, -0.05) is 12.1 Å². The van der Waals surface area contributed by atoms with Crippen molar-refractivity contribution in [3.8, 4) is 0 Å². The summed E-state index contributed by atoms with van der Waals surface area (Å²) in [7, 11) is 0. The molecule has 0 radical (unpaired) electrons. The van der Waals surface area contributed by atoms with E-state index >= 15 is 0 Å². The molecule has 0 N–H and O–H groups in total. The lowest BCUT2D eigenvalue weighted by Crippen LogP contribution is -2.42. The predicted octanol–water partition coefficient (Wildman–Crippen LogP) is 3.95. The van der Waals surface area contributed by atoms with Gasteiger partial charge in [0, 0.05) is 0 Å². The summed E-state index contributed by atoms with van der Waals surface area (Å²) in [5, 5.41) is 0. The number of benzene rings is 1. The summed E-state index contributed by atoms with van der Waals surface area (Å²) in [5.41, 5.74) is 2.93. The van der Waals surface area contributed by atoms with E-state index in [0.717, 1.165) is 0 Å². The number of fused-ring (bicyclic) bond motifs is 1. The molecule has 0 saturated heterocycles. The SMILES string of the molecule is CC(C)(C)n1c2ccccc2n1C(C)(C)C. The Balaban J connectivity index is 2.73. The van der Waals surface area contributed by atoms with Gasteiger partial charge in [0.05, 0.1) is 22.1 Å². The number of hydrogen-bond acceptors (Lipinski definition) is 0.